The summed E-state index contributed by atoms with van der Waals surface area (Å²) in [5.41, 5.74) is 13.1. The minimum Gasteiger partial charge on any atom is -0.0619 e. The van der Waals surface area contributed by atoms with Gasteiger partial charge in [0.15, 0.2) is 0 Å². The lowest BCUT2D eigenvalue weighted by molar-refractivity contribution is 0.795. The van der Waals surface area contributed by atoms with Crippen molar-refractivity contribution in [1.29, 1.82) is 0 Å². The van der Waals surface area contributed by atoms with E-state index >= 15 is 0 Å². The molecule has 2 aliphatic carbocycles. The summed E-state index contributed by atoms with van der Waals surface area (Å²) >= 11 is 0. The molecule has 0 nitrogen and oxygen atoms in total. The van der Waals surface area contributed by atoms with Gasteiger partial charge in [-0.15, -0.1) is 0 Å². The standard InChI is InChI=1S/C49H28/c1-2-13-33-29(10-1)24-27-43-47(33)48-38-17-4-3-14-34(38)40(28-44(48)49(43)41-18-7-5-15-36(41)37-16-6-8-19-42(37)49)35-25-22-32-21-20-30-11-9-12-31-23-26-39(35)46(32)45(30)31/h1-28H. The van der Waals surface area contributed by atoms with Crippen LogP contribution in [-0.2, 0) is 5.41 Å². The number of hydrogen-bond donors (Lipinski definition) is 0. The van der Waals surface area contributed by atoms with E-state index in [1.54, 1.807) is 0 Å². The molecule has 0 aliphatic heterocycles. The SMILES string of the molecule is c1ccc2c(c1)-c1ccccc1C21c2ccc3ccccc3c2-c2c1cc(-c1ccc3ccc4cccc5ccc1c3c45)c1ccccc21. The molecule has 0 heterocycles. The molecule has 0 N–H and O–H groups in total. The Kier molecular flexibility index (Phi) is 4.74. The predicted octanol–water partition coefficient (Wildman–Crippen LogP) is 12.9. The molecule has 0 heteroatoms. The number of hydrogen-bond acceptors (Lipinski definition) is 0. The molecule has 1 spiro atoms. The number of benzene rings is 10. The highest BCUT2D eigenvalue weighted by molar-refractivity contribution is 6.27. The van der Waals surface area contributed by atoms with Gasteiger partial charge in [0.1, 0.15) is 0 Å². The van der Waals surface area contributed by atoms with Crippen LogP contribution in [0.25, 0.3) is 87.2 Å². The molecule has 10 aromatic rings. The summed E-state index contributed by atoms with van der Waals surface area (Å²) in [7, 11) is 0. The van der Waals surface area contributed by atoms with Gasteiger partial charge in [0.05, 0.1) is 5.41 Å². The van der Waals surface area contributed by atoms with Gasteiger partial charge in [-0.25, -0.2) is 0 Å². The van der Waals surface area contributed by atoms with E-state index in [1.807, 2.05) is 0 Å². The van der Waals surface area contributed by atoms with E-state index in [9.17, 15) is 0 Å². The number of rotatable bonds is 1. The smallest absolute Gasteiger partial charge is 0.0619 e. The van der Waals surface area contributed by atoms with Gasteiger partial charge >= 0.3 is 0 Å². The van der Waals surface area contributed by atoms with E-state index in [4.69, 9.17) is 0 Å². The Morgan fingerprint density at radius 2 is 0.816 bits per heavy atom. The lowest BCUT2D eigenvalue weighted by atomic mass is 9.69. The molecule has 0 unspecified atom stereocenters. The number of fused-ring (bicyclic) bond motifs is 14. The van der Waals surface area contributed by atoms with Crippen LogP contribution in [0, 0.1) is 0 Å². The fourth-order valence-electron chi connectivity index (χ4n) is 9.95. The monoisotopic (exact) mass is 616 g/mol. The van der Waals surface area contributed by atoms with E-state index in [0.717, 1.165) is 0 Å². The Labute approximate surface area is 283 Å². The summed E-state index contributed by atoms with van der Waals surface area (Å²) in [5.74, 6) is 0. The third-order valence-corrected chi connectivity index (χ3v) is 11.8. The van der Waals surface area contributed by atoms with E-state index in [-0.39, 0.29) is 0 Å². The van der Waals surface area contributed by atoms with E-state index in [0.29, 0.717) is 0 Å². The zero-order valence-electron chi connectivity index (χ0n) is 26.7. The lowest BCUT2D eigenvalue weighted by Crippen LogP contribution is -2.26. The van der Waals surface area contributed by atoms with Crippen LogP contribution in [0.5, 0.6) is 0 Å². The first-order chi connectivity index (χ1) is 24.3. The summed E-state index contributed by atoms with van der Waals surface area (Å²) in [6.07, 6.45) is 0. The average molecular weight is 617 g/mol. The van der Waals surface area contributed by atoms with Crippen molar-refractivity contribution in [3.63, 3.8) is 0 Å². The zero-order valence-corrected chi connectivity index (χ0v) is 26.7. The Morgan fingerprint density at radius 3 is 1.59 bits per heavy atom. The van der Waals surface area contributed by atoms with Gasteiger partial charge in [-0.2, -0.15) is 0 Å². The highest BCUT2D eigenvalue weighted by atomic mass is 14.5. The summed E-state index contributed by atoms with van der Waals surface area (Å²) in [6, 6.07) is 64.3. The zero-order chi connectivity index (χ0) is 31.8. The maximum Gasteiger partial charge on any atom is 0.0726 e. The Bertz CT molecular complexity index is 2990. The molecule has 0 radical (unpaired) electrons. The second-order valence-corrected chi connectivity index (χ2v) is 13.9. The van der Waals surface area contributed by atoms with E-state index in [2.05, 4.69) is 170 Å². The largest absolute Gasteiger partial charge is 0.0726 e. The van der Waals surface area contributed by atoms with Crippen molar-refractivity contribution < 1.29 is 0 Å². The van der Waals surface area contributed by atoms with Gasteiger partial charge in [-0.1, -0.05) is 164 Å². The van der Waals surface area contributed by atoms with Crippen molar-refractivity contribution in [3.05, 3.63) is 192 Å². The maximum absolute atomic E-state index is 2.58. The first-order valence-electron chi connectivity index (χ1n) is 17.3. The third kappa shape index (κ3) is 3.02. The molecular weight excluding hydrogens is 589 g/mol. The Hall–Kier alpha value is -6.24. The predicted molar refractivity (Wildman–Crippen MR) is 207 cm³/mol. The average Bonchev–Trinajstić information content (AvgIpc) is 3.64. The molecule has 49 heavy (non-hydrogen) atoms. The normalized spacial score (nSPS) is 13.9. The van der Waals surface area contributed by atoms with Crippen molar-refractivity contribution in [2.75, 3.05) is 0 Å². The molecule has 0 amide bonds. The highest BCUT2D eigenvalue weighted by Crippen LogP contribution is 2.65. The van der Waals surface area contributed by atoms with Crippen molar-refractivity contribution in [2.24, 2.45) is 0 Å². The Balaban J connectivity index is 1.30. The molecule has 12 rings (SSSR count). The van der Waals surface area contributed by atoms with Gasteiger partial charge in [0.25, 0.3) is 0 Å². The molecule has 0 fully saturated rings. The highest BCUT2D eigenvalue weighted by Gasteiger charge is 2.52. The topological polar surface area (TPSA) is 0 Å². The molecule has 0 saturated heterocycles. The quantitative estimate of drug-likeness (QED) is 0.161. The second-order valence-electron chi connectivity index (χ2n) is 13.9. The first kappa shape index (κ1) is 25.8. The maximum atomic E-state index is 2.58. The van der Waals surface area contributed by atoms with Crippen LogP contribution in [0.4, 0.5) is 0 Å². The van der Waals surface area contributed by atoms with Gasteiger partial charge in [0.2, 0.25) is 0 Å². The third-order valence-electron chi connectivity index (χ3n) is 11.8. The molecule has 0 aromatic heterocycles. The van der Waals surface area contributed by atoms with Crippen LogP contribution in [0.15, 0.2) is 170 Å². The van der Waals surface area contributed by atoms with E-state index in [1.165, 1.54) is 109 Å². The summed E-state index contributed by atoms with van der Waals surface area (Å²) in [6.45, 7) is 0. The van der Waals surface area contributed by atoms with Crippen LogP contribution in [-0.4, -0.2) is 0 Å². The fraction of sp³-hybridized carbons (Fsp3) is 0.0204. The van der Waals surface area contributed by atoms with Gasteiger partial charge in [-0.3, -0.25) is 0 Å². The molecule has 224 valence electrons. The van der Waals surface area contributed by atoms with Crippen LogP contribution in [0.2, 0.25) is 0 Å². The fourth-order valence-corrected chi connectivity index (χ4v) is 9.95. The Morgan fingerprint density at radius 1 is 0.265 bits per heavy atom. The minimum atomic E-state index is -0.426. The van der Waals surface area contributed by atoms with Gasteiger partial charge in [-0.05, 0) is 116 Å². The lowest BCUT2D eigenvalue weighted by Gasteiger charge is -2.31. The van der Waals surface area contributed by atoms with Gasteiger partial charge < -0.3 is 0 Å². The van der Waals surface area contributed by atoms with E-state index < -0.39 is 5.41 Å². The molecule has 0 saturated carbocycles. The second kappa shape index (κ2) is 9.01. The van der Waals surface area contributed by atoms with Crippen LogP contribution < -0.4 is 0 Å². The van der Waals surface area contributed by atoms with Crippen molar-refractivity contribution >= 4 is 53.9 Å². The first-order valence-corrected chi connectivity index (χ1v) is 17.3. The van der Waals surface area contributed by atoms with Crippen LogP contribution in [0.3, 0.4) is 0 Å². The molecule has 0 atom stereocenters. The molecule has 2 aliphatic rings. The summed E-state index contributed by atoms with van der Waals surface area (Å²) < 4.78 is 0. The van der Waals surface area contributed by atoms with Crippen molar-refractivity contribution in [1.82, 2.24) is 0 Å². The summed E-state index contributed by atoms with van der Waals surface area (Å²) in [5, 5.41) is 13.1. The molecule has 10 aromatic carbocycles. The van der Waals surface area contributed by atoms with Crippen molar-refractivity contribution in [2.45, 2.75) is 5.41 Å². The molecular formula is C49H28. The van der Waals surface area contributed by atoms with Crippen molar-refractivity contribution in [3.8, 4) is 33.4 Å². The van der Waals surface area contributed by atoms with Crippen LogP contribution in [0.1, 0.15) is 22.3 Å². The summed E-state index contributed by atoms with van der Waals surface area (Å²) in [4.78, 5) is 0. The van der Waals surface area contributed by atoms with Gasteiger partial charge in [0, 0.05) is 0 Å². The minimum absolute atomic E-state index is 0.426. The molecule has 0 bridgehead atoms. The van der Waals surface area contributed by atoms with Crippen LogP contribution >= 0.6 is 0 Å².